The fraction of sp³-hybridized carbons (Fsp3) is 0.409. The molecule has 1 aliphatic heterocycles. The topological polar surface area (TPSA) is 80.6 Å². The molecule has 10 heteroatoms. The summed E-state index contributed by atoms with van der Waals surface area (Å²) >= 11 is 0. The number of amides is 2. The van der Waals surface area contributed by atoms with Gasteiger partial charge in [0.2, 0.25) is 0 Å². The smallest absolute Gasteiger partial charge is 0.416 e. The van der Waals surface area contributed by atoms with Gasteiger partial charge in [0.05, 0.1) is 11.1 Å². The first kappa shape index (κ1) is 23.4. The number of aromatic nitrogens is 1. The normalized spacial score (nSPS) is 14.8. The van der Waals surface area contributed by atoms with E-state index in [0.29, 0.717) is 19.0 Å². The minimum Gasteiger partial charge on any atom is -0.484 e. The molecule has 1 aliphatic rings. The van der Waals surface area contributed by atoms with Crippen LogP contribution in [0, 0.1) is 5.92 Å². The number of nitrogens with zero attached hydrogens (tertiary/aromatic N) is 2. The SMILES string of the molecule is CC1CCN(C(=O)c2cc(NC(=O)COc3cccc(C(F)(F)F)c3)c(=O)n(C)c2)CC1. The fourth-order valence-corrected chi connectivity index (χ4v) is 3.41. The minimum atomic E-state index is -4.53. The lowest BCUT2D eigenvalue weighted by atomic mass is 9.99. The lowest BCUT2D eigenvalue weighted by Crippen LogP contribution is -2.38. The molecule has 1 aromatic carbocycles. The van der Waals surface area contributed by atoms with E-state index in [1.807, 2.05) is 0 Å². The molecule has 0 radical (unpaired) electrons. The lowest BCUT2D eigenvalue weighted by molar-refractivity contribution is -0.137. The highest BCUT2D eigenvalue weighted by Crippen LogP contribution is 2.31. The zero-order valence-electron chi connectivity index (χ0n) is 17.7. The zero-order chi connectivity index (χ0) is 23.5. The largest absolute Gasteiger partial charge is 0.484 e. The molecule has 0 bridgehead atoms. The number of carbonyl (C=O) groups excluding carboxylic acids is 2. The first-order valence-corrected chi connectivity index (χ1v) is 10.1. The second kappa shape index (κ2) is 9.46. The van der Waals surface area contributed by atoms with Crippen molar-refractivity contribution in [2.24, 2.45) is 13.0 Å². The molecule has 7 nitrogen and oxygen atoms in total. The third-order valence-corrected chi connectivity index (χ3v) is 5.31. The summed E-state index contributed by atoms with van der Waals surface area (Å²) in [6.45, 7) is 2.76. The number of ether oxygens (including phenoxy) is 1. The third-order valence-electron chi connectivity index (χ3n) is 5.31. The van der Waals surface area contributed by atoms with E-state index in [9.17, 15) is 27.6 Å². The summed E-state index contributed by atoms with van der Waals surface area (Å²) in [4.78, 5) is 39.2. The molecule has 172 valence electrons. The van der Waals surface area contributed by atoms with E-state index >= 15 is 0 Å². The van der Waals surface area contributed by atoms with Crippen LogP contribution in [0.1, 0.15) is 35.7 Å². The van der Waals surface area contributed by atoms with Gasteiger partial charge in [-0.25, -0.2) is 0 Å². The average Bonchev–Trinajstić information content (AvgIpc) is 2.75. The number of pyridine rings is 1. The van der Waals surface area contributed by atoms with Crippen molar-refractivity contribution in [1.82, 2.24) is 9.47 Å². The molecule has 1 N–H and O–H groups in total. The van der Waals surface area contributed by atoms with Crippen LogP contribution in [-0.4, -0.2) is 41.0 Å². The van der Waals surface area contributed by atoms with E-state index in [2.05, 4.69) is 12.2 Å². The summed E-state index contributed by atoms with van der Waals surface area (Å²) in [6.07, 6.45) is -1.33. The van der Waals surface area contributed by atoms with Crippen molar-refractivity contribution in [3.8, 4) is 5.75 Å². The first-order valence-electron chi connectivity index (χ1n) is 10.1. The Balaban J connectivity index is 1.68. The molecule has 0 unspecified atom stereocenters. The van der Waals surface area contributed by atoms with Crippen LogP contribution in [0.3, 0.4) is 0 Å². The van der Waals surface area contributed by atoms with Crippen molar-refractivity contribution in [2.45, 2.75) is 25.9 Å². The summed E-state index contributed by atoms with van der Waals surface area (Å²) in [6, 6.07) is 5.45. The van der Waals surface area contributed by atoms with E-state index in [4.69, 9.17) is 4.74 Å². The monoisotopic (exact) mass is 451 g/mol. The van der Waals surface area contributed by atoms with E-state index in [1.54, 1.807) is 4.90 Å². The van der Waals surface area contributed by atoms with Gasteiger partial charge >= 0.3 is 6.18 Å². The maximum atomic E-state index is 12.8. The van der Waals surface area contributed by atoms with Gasteiger partial charge < -0.3 is 19.5 Å². The van der Waals surface area contributed by atoms with E-state index in [0.717, 1.165) is 25.0 Å². The van der Waals surface area contributed by atoms with Crippen LogP contribution in [-0.2, 0) is 18.0 Å². The maximum Gasteiger partial charge on any atom is 0.416 e. The number of halogens is 3. The number of piperidine rings is 1. The van der Waals surface area contributed by atoms with Crippen LogP contribution in [0.25, 0.3) is 0 Å². The van der Waals surface area contributed by atoms with Gasteiger partial charge in [-0.05, 0) is 43.0 Å². The molecular formula is C22H24F3N3O4. The van der Waals surface area contributed by atoms with Crippen molar-refractivity contribution in [3.63, 3.8) is 0 Å². The number of carbonyl (C=O) groups is 2. The molecule has 0 spiro atoms. The minimum absolute atomic E-state index is 0.110. The Kier molecular flexibility index (Phi) is 6.90. The molecule has 32 heavy (non-hydrogen) atoms. The number of aryl methyl sites for hydroxylation is 1. The van der Waals surface area contributed by atoms with Crippen molar-refractivity contribution in [3.05, 3.63) is 58.0 Å². The Hall–Kier alpha value is -3.30. The summed E-state index contributed by atoms with van der Waals surface area (Å²) < 4.78 is 44.7. The molecule has 3 rings (SSSR count). The molecular weight excluding hydrogens is 427 g/mol. The van der Waals surface area contributed by atoms with Crippen molar-refractivity contribution < 1.29 is 27.5 Å². The number of hydrogen-bond acceptors (Lipinski definition) is 4. The Morgan fingerprint density at radius 2 is 1.88 bits per heavy atom. The highest BCUT2D eigenvalue weighted by Gasteiger charge is 2.30. The Bertz CT molecular complexity index is 1060. The summed E-state index contributed by atoms with van der Waals surface area (Å²) in [7, 11) is 1.46. The number of nitrogens with one attached hydrogen (secondary N) is 1. The van der Waals surface area contributed by atoms with Crippen LogP contribution in [0.4, 0.5) is 18.9 Å². The molecule has 1 aromatic heterocycles. The highest BCUT2D eigenvalue weighted by atomic mass is 19.4. The second-order valence-corrected chi connectivity index (χ2v) is 7.90. The maximum absolute atomic E-state index is 12.8. The predicted octanol–water partition coefficient (Wildman–Crippen LogP) is 3.29. The van der Waals surface area contributed by atoms with Crippen LogP contribution in [0.5, 0.6) is 5.75 Å². The van der Waals surface area contributed by atoms with Crippen molar-refractivity contribution in [2.75, 3.05) is 25.0 Å². The van der Waals surface area contributed by atoms with Gasteiger partial charge in [0.25, 0.3) is 17.4 Å². The van der Waals surface area contributed by atoms with Gasteiger partial charge in [0.1, 0.15) is 11.4 Å². The van der Waals surface area contributed by atoms with Gasteiger partial charge in [-0.15, -0.1) is 0 Å². The number of rotatable bonds is 5. The van der Waals surface area contributed by atoms with Crippen LogP contribution < -0.4 is 15.6 Å². The number of alkyl halides is 3. The third kappa shape index (κ3) is 5.68. The standard InChI is InChI=1S/C22H24F3N3O4/c1-14-6-8-28(9-7-14)20(30)15-10-18(21(31)27(2)12-15)26-19(29)13-32-17-5-3-4-16(11-17)22(23,24)25/h3-5,10-12,14H,6-9,13H2,1-2H3,(H,26,29). The van der Waals surface area contributed by atoms with Crippen LogP contribution >= 0.6 is 0 Å². The zero-order valence-corrected chi connectivity index (χ0v) is 17.7. The van der Waals surface area contributed by atoms with Crippen LogP contribution in [0.15, 0.2) is 41.3 Å². The number of likely N-dealkylation sites (tertiary alicyclic amines) is 1. The van der Waals surface area contributed by atoms with E-state index < -0.39 is 29.8 Å². The molecule has 0 aliphatic carbocycles. The lowest BCUT2D eigenvalue weighted by Gasteiger charge is -2.30. The Morgan fingerprint density at radius 3 is 2.53 bits per heavy atom. The fourth-order valence-electron chi connectivity index (χ4n) is 3.41. The summed E-state index contributed by atoms with van der Waals surface area (Å²) in [5, 5.41) is 2.38. The van der Waals surface area contributed by atoms with Gasteiger partial charge in [0.15, 0.2) is 6.61 Å². The number of hydrogen-bond donors (Lipinski definition) is 1. The second-order valence-electron chi connectivity index (χ2n) is 7.90. The summed E-state index contributed by atoms with van der Waals surface area (Å²) in [5.74, 6) is -0.559. The highest BCUT2D eigenvalue weighted by molar-refractivity contribution is 5.97. The Morgan fingerprint density at radius 1 is 1.19 bits per heavy atom. The molecule has 2 amide bonds. The molecule has 2 heterocycles. The van der Waals surface area contributed by atoms with Crippen molar-refractivity contribution >= 4 is 17.5 Å². The van der Waals surface area contributed by atoms with E-state index in [1.165, 1.54) is 36.0 Å². The molecule has 1 saturated heterocycles. The quantitative estimate of drug-likeness (QED) is 0.757. The predicted molar refractivity (Wildman–Crippen MR) is 112 cm³/mol. The van der Waals surface area contributed by atoms with E-state index in [-0.39, 0.29) is 22.9 Å². The first-order chi connectivity index (χ1) is 15.0. The Labute approximate surface area is 182 Å². The number of benzene rings is 1. The van der Waals surface area contributed by atoms with Crippen LogP contribution in [0.2, 0.25) is 0 Å². The summed E-state index contributed by atoms with van der Waals surface area (Å²) in [5.41, 5.74) is -1.28. The molecule has 1 fully saturated rings. The van der Waals surface area contributed by atoms with Gasteiger partial charge in [-0.1, -0.05) is 13.0 Å². The van der Waals surface area contributed by atoms with Gasteiger partial charge in [0, 0.05) is 26.3 Å². The number of anilines is 1. The molecule has 0 atom stereocenters. The average molecular weight is 451 g/mol. The van der Waals surface area contributed by atoms with Gasteiger partial charge in [-0.2, -0.15) is 13.2 Å². The molecule has 2 aromatic rings. The molecule has 0 saturated carbocycles. The van der Waals surface area contributed by atoms with Crippen molar-refractivity contribution in [1.29, 1.82) is 0 Å². The van der Waals surface area contributed by atoms with Gasteiger partial charge in [-0.3, -0.25) is 14.4 Å².